The lowest BCUT2D eigenvalue weighted by molar-refractivity contribution is 0.0600. The summed E-state index contributed by atoms with van der Waals surface area (Å²) in [5, 5.41) is 6.12. The Hall–Kier alpha value is -4.35. The molecule has 1 aliphatic heterocycles. The standard InChI is InChI=1S/C26H19N3O6S2/c1-35-26(32)16-8-6-15(7-9-16)25-28-14-18(36-25)13-27-23(30)17-10-11-22-20(12-17)29-24(31)19-4-2-3-5-21(19)37(22,33)34/h2-12,14H,13H2,1H3,(H,27,30)(H,29,31). The second-order valence-electron chi connectivity index (χ2n) is 8.05. The van der Waals surface area contributed by atoms with Gasteiger partial charge in [0, 0.05) is 22.2 Å². The summed E-state index contributed by atoms with van der Waals surface area (Å²) < 4.78 is 30.9. The zero-order chi connectivity index (χ0) is 26.2. The lowest BCUT2D eigenvalue weighted by Gasteiger charge is -2.10. The van der Waals surface area contributed by atoms with Gasteiger partial charge in [0.1, 0.15) is 5.01 Å². The van der Waals surface area contributed by atoms with Crippen molar-refractivity contribution in [3.63, 3.8) is 0 Å². The average molecular weight is 534 g/mol. The first-order valence-corrected chi connectivity index (χ1v) is 13.3. The molecule has 0 unspecified atom stereocenters. The van der Waals surface area contributed by atoms with Crippen LogP contribution >= 0.6 is 11.3 Å². The van der Waals surface area contributed by atoms with Crippen LogP contribution in [0.3, 0.4) is 0 Å². The fourth-order valence-electron chi connectivity index (χ4n) is 3.86. The Kier molecular flexibility index (Phi) is 6.32. The highest BCUT2D eigenvalue weighted by molar-refractivity contribution is 7.91. The quantitative estimate of drug-likeness (QED) is 0.372. The second-order valence-corrected chi connectivity index (χ2v) is 11.0. The maximum absolute atomic E-state index is 13.1. The molecule has 37 heavy (non-hydrogen) atoms. The number of esters is 1. The van der Waals surface area contributed by atoms with E-state index >= 15 is 0 Å². The van der Waals surface area contributed by atoms with E-state index in [1.807, 2.05) is 0 Å². The average Bonchev–Trinajstić information content (AvgIpc) is 3.37. The van der Waals surface area contributed by atoms with Crippen LogP contribution in [0.1, 0.15) is 36.0 Å². The summed E-state index contributed by atoms with van der Waals surface area (Å²) in [6.45, 7) is 0.198. The van der Waals surface area contributed by atoms with Gasteiger partial charge in [-0.05, 0) is 42.5 Å². The van der Waals surface area contributed by atoms with Gasteiger partial charge in [-0.3, -0.25) is 9.59 Å². The number of rotatable bonds is 5. The molecular formula is C26H19N3O6S2. The summed E-state index contributed by atoms with van der Waals surface area (Å²) in [5.74, 6) is -1.42. The number of anilines is 1. The molecule has 9 nitrogen and oxygen atoms in total. The van der Waals surface area contributed by atoms with Gasteiger partial charge in [-0.15, -0.1) is 11.3 Å². The van der Waals surface area contributed by atoms with Gasteiger partial charge in [-0.25, -0.2) is 18.2 Å². The van der Waals surface area contributed by atoms with Crippen LogP contribution in [-0.4, -0.2) is 38.3 Å². The van der Waals surface area contributed by atoms with Crippen molar-refractivity contribution in [2.75, 3.05) is 12.4 Å². The molecule has 0 fully saturated rings. The predicted molar refractivity (Wildman–Crippen MR) is 136 cm³/mol. The second kappa shape index (κ2) is 9.60. The number of nitrogens with one attached hydrogen (secondary N) is 2. The van der Waals surface area contributed by atoms with E-state index in [-0.39, 0.29) is 33.2 Å². The number of carbonyl (C=O) groups excluding carboxylic acids is 3. The van der Waals surface area contributed by atoms with Crippen molar-refractivity contribution in [1.29, 1.82) is 0 Å². The minimum Gasteiger partial charge on any atom is -0.465 e. The molecule has 2 N–H and O–H groups in total. The third-order valence-electron chi connectivity index (χ3n) is 5.73. The fourth-order valence-corrected chi connectivity index (χ4v) is 6.31. The molecular weight excluding hydrogens is 514 g/mol. The van der Waals surface area contributed by atoms with E-state index in [0.717, 1.165) is 15.4 Å². The van der Waals surface area contributed by atoms with E-state index in [1.54, 1.807) is 42.6 Å². The zero-order valence-corrected chi connectivity index (χ0v) is 21.0. The minimum absolute atomic E-state index is 0.0457. The number of amides is 2. The Bertz CT molecular complexity index is 1660. The molecule has 0 atom stereocenters. The first-order chi connectivity index (χ1) is 17.8. The SMILES string of the molecule is COC(=O)c1ccc(-c2ncc(CNC(=O)c3ccc4c(c3)NC(=O)c3ccccc3S4(=O)=O)s2)cc1. The van der Waals surface area contributed by atoms with Crippen LogP contribution in [0.15, 0.2) is 82.7 Å². The molecule has 3 aromatic carbocycles. The number of hydrogen-bond donors (Lipinski definition) is 2. The highest BCUT2D eigenvalue weighted by Gasteiger charge is 2.31. The number of methoxy groups -OCH3 is 1. The van der Waals surface area contributed by atoms with Crippen LogP contribution in [0.2, 0.25) is 0 Å². The number of nitrogens with zero attached hydrogens (tertiary/aromatic N) is 1. The molecule has 0 spiro atoms. The molecule has 1 aromatic heterocycles. The van der Waals surface area contributed by atoms with E-state index in [9.17, 15) is 22.8 Å². The number of aromatic nitrogens is 1. The van der Waals surface area contributed by atoms with Gasteiger partial charge in [-0.1, -0.05) is 24.3 Å². The van der Waals surface area contributed by atoms with E-state index in [2.05, 4.69) is 15.6 Å². The van der Waals surface area contributed by atoms with Gasteiger partial charge >= 0.3 is 5.97 Å². The number of benzene rings is 3. The highest BCUT2D eigenvalue weighted by Crippen LogP contribution is 2.34. The number of hydrogen-bond acceptors (Lipinski definition) is 8. The molecule has 4 aromatic rings. The highest BCUT2D eigenvalue weighted by atomic mass is 32.2. The predicted octanol–water partition coefficient (Wildman–Crippen LogP) is 3.93. The smallest absolute Gasteiger partial charge is 0.337 e. The van der Waals surface area contributed by atoms with Gasteiger partial charge in [0.15, 0.2) is 0 Å². The third kappa shape index (κ3) is 4.61. The summed E-state index contributed by atoms with van der Waals surface area (Å²) in [6, 6.07) is 16.9. The molecule has 1 aliphatic rings. The Morgan fingerprint density at radius 1 is 1.00 bits per heavy atom. The van der Waals surface area contributed by atoms with Crippen LogP contribution < -0.4 is 10.6 Å². The van der Waals surface area contributed by atoms with Crippen molar-refractivity contribution in [2.45, 2.75) is 16.3 Å². The monoisotopic (exact) mass is 533 g/mol. The summed E-state index contributed by atoms with van der Waals surface area (Å²) >= 11 is 1.38. The minimum atomic E-state index is -3.95. The van der Waals surface area contributed by atoms with Crippen molar-refractivity contribution < 1.29 is 27.5 Å². The van der Waals surface area contributed by atoms with Gasteiger partial charge in [0.25, 0.3) is 11.8 Å². The molecule has 0 radical (unpaired) electrons. The van der Waals surface area contributed by atoms with Gasteiger partial charge in [-0.2, -0.15) is 0 Å². The Balaban J connectivity index is 1.31. The first kappa shape index (κ1) is 24.3. The molecule has 0 saturated heterocycles. The van der Waals surface area contributed by atoms with Gasteiger partial charge < -0.3 is 15.4 Å². The number of fused-ring (bicyclic) bond motifs is 2. The fraction of sp³-hybridized carbons (Fsp3) is 0.0769. The summed E-state index contributed by atoms with van der Waals surface area (Å²) in [7, 11) is -2.63. The van der Waals surface area contributed by atoms with Crippen molar-refractivity contribution in [2.24, 2.45) is 0 Å². The van der Waals surface area contributed by atoms with Crippen LogP contribution in [0.5, 0.6) is 0 Å². The summed E-state index contributed by atoms with van der Waals surface area (Å²) in [4.78, 5) is 42.1. The van der Waals surface area contributed by atoms with Gasteiger partial charge in [0.05, 0.1) is 40.3 Å². The largest absolute Gasteiger partial charge is 0.465 e. The van der Waals surface area contributed by atoms with E-state index in [4.69, 9.17) is 4.74 Å². The number of sulfone groups is 1. The summed E-state index contributed by atoms with van der Waals surface area (Å²) in [5.41, 5.74) is 1.54. The molecule has 0 bridgehead atoms. The Labute approximate surface area is 216 Å². The molecule has 2 amide bonds. The van der Waals surface area contributed by atoms with Crippen LogP contribution in [0.4, 0.5) is 5.69 Å². The summed E-state index contributed by atoms with van der Waals surface area (Å²) in [6.07, 6.45) is 1.65. The lowest BCUT2D eigenvalue weighted by Crippen LogP contribution is -2.22. The van der Waals surface area contributed by atoms with Crippen molar-refractivity contribution in [3.8, 4) is 10.6 Å². The molecule has 0 saturated carbocycles. The third-order valence-corrected chi connectivity index (χ3v) is 8.65. The van der Waals surface area contributed by atoms with E-state index < -0.39 is 27.6 Å². The topological polar surface area (TPSA) is 132 Å². The number of carbonyl (C=O) groups is 3. The molecule has 186 valence electrons. The molecule has 11 heteroatoms. The number of thiazole rings is 1. The van der Waals surface area contributed by atoms with Crippen LogP contribution in [0, 0.1) is 0 Å². The zero-order valence-electron chi connectivity index (χ0n) is 19.3. The molecule has 0 aliphatic carbocycles. The lowest BCUT2D eigenvalue weighted by atomic mass is 10.1. The van der Waals surface area contributed by atoms with Crippen LogP contribution in [-0.2, 0) is 21.1 Å². The Morgan fingerprint density at radius 2 is 1.73 bits per heavy atom. The Morgan fingerprint density at radius 3 is 2.49 bits per heavy atom. The first-order valence-electron chi connectivity index (χ1n) is 11.0. The van der Waals surface area contributed by atoms with E-state index in [0.29, 0.717) is 5.56 Å². The van der Waals surface area contributed by atoms with Crippen molar-refractivity contribution in [1.82, 2.24) is 10.3 Å². The van der Waals surface area contributed by atoms with Crippen LogP contribution in [0.25, 0.3) is 10.6 Å². The molecule has 5 rings (SSSR count). The van der Waals surface area contributed by atoms with E-state index in [1.165, 1.54) is 48.8 Å². The molecule has 2 heterocycles. The van der Waals surface area contributed by atoms with Crippen molar-refractivity contribution in [3.05, 3.63) is 94.5 Å². The maximum atomic E-state index is 13.1. The van der Waals surface area contributed by atoms with Crippen molar-refractivity contribution >= 4 is 44.6 Å². The number of ether oxygens (including phenoxy) is 1. The van der Waals surface area contributed by atoms with Gasteiger partial charge in [0.2, 0.25) is 9.84 Å². The maximum Gasteiger partial charge on any atom is 0.337 e. The normalized spacial score (nSPS) is 13.5.